The van der Waals surface area contributed by atoms with Crippen molar-refractivity contribution in [2.24, 2.45) is 5.92 Å². The summed E-state index contributed by atoms with van der Waals surface area (Å²) in [7, 11) is 1.67. The van der Waals surface area contributed by atoms with Crippen LogP contribution in [0.25, 0.3) is 0 Å². The first-order valence-corrected chi connectivity index (χ1v) is 8.08. The van der Waals surface area contributed by atoms with Crippen molar-refractivity contribution in [2.45, 2.75) is 58.6 Å². The van der Waals surface area contributed by atoms with Crippen LogP contribution in [0.3, 0.4) is 0 Å². The molecule has 21 heavy (non-hydrogen) atoms. The maximum atomic E-state index is 5.16. The van der Waals surface area contributed by atoms with Gasteiger partial charge in [-0.3, -0.25) is 0 Å². The molecule has 2 rings (SSSR count). The third-order valence-corrected chi connectivity index (χ3v) is 4.01. The summed E-state index contributed by atoms with van der Waals surface area (Å²) in [6, 6.07) is 2.52. The van der Waals surface area contributed by atoms with E-state index < -0.39 is 0 Å². The highest BCUT2D eigenvalue weighted by atomic mass is 16.5. The fourth-order valence-electron chi connectivity index (χ4n) is 2.88. The molecule has 0 radical (unpaired) electrons. The van der Waals surface area contributed by atoms with Gasteiger partial charge in [0.15, 0.2) is 5.82 Å². The summed E-state index contributed by atoms with van der Waals surface area (Å²) in [5, 5.41) is 6.85. The fourth-order valence-corrected chi connectivity index (χ4v) is 2.88. The number of rotatable bonds is 6. The smallest absolute Gasteiger partial charge is 0.158 e. The Morgan fingerprint density at radius 2 is 2.00 bits per heavy atom. The predicted octanol–water partition coefficient (Wildman–Crippen LogP) is 3.44. The monoisotopic (exact) mass is 292 g/mol. The van der Waals surface area contributed by atoms with Crippen molar-refractivity contribution < 1.29 is 4.74 Å². The standard InChI is InChI=1S/C16H28N4O/c1-4-17-14-10-15(20-16(19-14)11-21-3)18-13-7-5-6-12(2)8-9-13/h10,12-13H,4-9,11H2,1-3H3,(H2,17,18,19,20). The lowest BCUT2D eigenvalue weighted by Gasteiger charge is -2.18. The summed E-state index contributed by atoms with van der Waals surface area (Å²) in [6.07, 6.45) is 6.40. The summed E-state index contributed by atoms with van der Waals surface area (Å²) in [5.41, 5.74) is 0. The van der Waals surface area contributed by atoms with Gasteiger partial charge in [0.1, 0.15) is 18.2 Å². The molecular formula is C16H28N4O. The molecule has 2 N–H and O–H groups in total. The van der Waals surface area contributed by atoms with E-state index in [9.17, 15) is 0 Å². The summed E-state index contributed by atoms with van der Waals surface area (Å²) in [5.74, 6) is 3.35. The molecule has 0 saturated heterocycles. The molecule has 1 aliphatic rings. The zero-order valence-corrected chi connectivity index (χ0v) is 13.5. The third kappa shape index (κ3) is 5.16. The SMILES string of the molecule is CCNc1cc(NC2CCCC(C)CC2)nc(COC)n1. The van der Waals surface area contributed by atoms with E-state index in [4.69, 9.17) is 4.74 Å². The van der Waals surface area contributed by atoms with Gasteiger partial charge in [0.25, 0.3) is 0 Å². The third-order valence-electron chi connectivity index (χ3n) is 4.01. The molecule has 1 aliphatic carbocycles. The molecule has 2 atom stereocenters. The number of anilines is 2. The van der Waals surface area contributed by atoms with Gasteiger partial charge in [-0.05, 0) is 32.1 Å². The largest absolute Gasteiger partial charge is 0.377 e. The summed E-state index contributed by atoms with van der Waals surface area (Å²) >= 11 is 0. The molecule has 0 aromatic carbocycles. The van der Waals surface area contributed by atoms with Gasteiger partial charge in [-0.15, -0.1) is 0 Å². The number of hydrogen-bond acceptors (Lipinski definition) is 5. The summed E-state index contributed by atoms with van der Waals surface area (Å²) in [4.78, 5) is 9.01. The van der Waals surface area contributed by atoms with Crippen LogP contribution in [0.1, 0.15) is 51.8 Å². The lowest BCUT2D eigenvalue weighted by molar-refractivity contribution is 0.178. The fraction of sp³-hybridized carbons (Fsp3) is 0.750. The van der Waals surface area contributed by atoms with E-state index in [0.29, 0.717) is 12.6 Å². The average molecular weight is 292 g/mol. The van der Waals surface area contributed by atoms with E-state index >= 15 is 0 Å². The second kappa shape index (κ2) is 8.17. The Bertz CT molecular complexity index is 414. The number of methoxy groups -OCH3 is 1. The number of nitrogens with zero attached hydrogens (tertiary/aromatic N) is 2. The van der Waals surface area contributed by atoms with E-state index in [2.05, 4.69) is 34.4 Å². The Balaban J connectivity index is 2.06. The molecule has 1 fully saturated rings. The molecule has 118 valence electrons. The van der Waals surface area contributed by atoms with Crippen LogP contribution in [0.15, 0.2) is 6.07 Å². The number of hydrogen-bond donors (Lipinski definition) is 2. The zero-order valence-electron chi connectivity index (χ0n) is 13.5. The molecule has 1 saturated carbocycles. The van der Waals surface area contributed by atoms with Crippen LogP contribution in [0.2, 0.25) is 0 Å². The highest BCUT2D eigenvalue weighted by Gasteiger charge is 2.17. The van der Waals surface area contributed by atoms with Gasteiger partial charge in [0, 0.05) is 25.8 Å². The molecule has 1 aromatic heterocycles. The van der Waals surface area contributed by atoms with E-state index in [0.717, 1.165) is 29.9 Å². The van der Waals surface area contributed by atoms with Gasteiger partial charge >= 0.3 is 0 Å². The molecule has 0 aliphatic heterocycles. The lowest BCUT2D eigenvalue weighted by Crippen LogP contribution is -2.20. The van der Waals surface area contributed by atoms with Crippen molar-refractivity contribution in [3.05, 3.63) is 11.9 Å². The van der Waals surface area contributed by atoms with Crippen molar-refractivity contribution in [3.8, 4) is 0 Å². The van der Waals surface area contributed by atoms with E-state index in [1.807, 2.05) is 6.07 Å². The Kier molecular flexibility index (Phi) is 6.23. The zero-order chi connectivity index (χ0) is 15.1. The summed E-state index contributed by atoms with van der Waals surface area (Å²) in [6.45, 7) is 5.71. The van der Waals surface area contributed by atoms with Gasteiger partial charge in [-0.25, -0.2) is 9.97 Å². The Morgan fingerprint density at radius 1 is 1.19 bits per heavy atom. The second-order valence-corrected chi connectivity index (χ2v) is 5.97. The maximum absolute atomic E-state index is 5.16. The van der Waals surface area contributed by atoms with Crippen LogP contribution in [-0.4, -0.2) is 29.7 Å². The Labute approximate surface area is 127 Å². The van der Waals surface area contributed by atoms with E-state index in [1.165, 1.54) is 32.1 Å². The highest BCUT2D eigenvalue weighted by molar-refractivity contribution is 5.48. The summed E-state index contributed by atoms with van der Waals surface area (Å²) < 4.78 is 5.16. The van der Waals surface area contributed by atoms with E-state index in [-0.39, 0.29) is 0 Å². The molecule has 1 heterocycles. The van der Waals surface area contributed by atoms with Crippen LogP contribution < -0.4 is 10.6 Å². The first-order valence-electron chi connectivity index (χ1n) is 8.08. The van der Waals surface area contributed by atoms with Crippen molar-refractivity contribution in [1.82, 2.24) is 9.97 Å². The topological polar surface area (TPSA) is 59.1 Å². The molecule has 0 amide bonds. The molecular weight excluding hydrogens is 264 g/mol. The number of aromatic nitrogens is 2. The first-order chi connectivity index (χ1) is 10.2. The van der Waals surface area contributed by atoms with Gasteiger partial charge in [-0.2, -0.15) is 0 Å². The lowest BCUT2D eigenvalue weighted by atomic mass is 10.0. The van der Waals surface area contributed by atoms with Crippen molar-refractivity contribution >= 4 is 11.6 Å². The molecule has 2 unspecified atom stereocenters. The minimum Gasteiger partial charge on any atom is -0.377 e. The predicted molar refractivity (Wildman–Crippen MR) is 86.6 cm³/mol. The second-order valence-electron chi connectivity index (χ2n) is 5.97. The van der Waals surface area contributed by atoms with E-state index in [1.54, 1.807) is 7.11 Å². The molecule has 5 heteroatoms. The normalized spacial score (nSPS) is 22.6. The average Bonchev–Trinajstić information content (AvgIpc) is 2.64. The Morgan fingerprint density at radius 3 is 2.76 bits per heavy atom. The molecule has 1 aromatic rings. The molecule has 0 bridgehead atoms. The van der Waals surface area contributed by atoms with Crippen molar-refractivity contribution in [1.29, 1.82) is 0 Å². The number of ether oxygens (including phenoxy) is 1. The van der Waals surface area contributed by atoms with Crippen LogP contribution in [0, 0.1) is 5.92 Å². The highest BCUT2D eigenvalue weighted by Crippen LogP contribution is 2.25. The van der Waals surface area contributed by atoms with Crippen LogP contribution in [-0.2, 0) is 11.3 Å². The Hall–Kier alpha value is -1.36. The van der Waals surface area contributed by atoms with Gasteiger partial charge in [0.2, 0.25) is 0 Å². The minimum atomic E-state index is 0.440. The van der Waals surface area contributed by atoms with Crippen LogP contribution in [0.5, 0.6) is 0 Å². The van der Waals surface area contributed by atoms with Gasteiger partial charge in [0.05, 0.1) is 0 Å². The quantitative estimate of drug-likeness (QED) is 0.787. The van der Waals surface area contributed by atoms with Gasteiger partial charge < -0.3 is 15.4 Å². The first kappa shape index (κ1) is 16.0. The maximum Gasteiger partial charge on any atom is 0.158 e. The van der Waals surface area contributed by atoms with Crippen molar-refractivity contribution in [3.63, 3.8) is 0 Å². The minimum absolute atomic E-state index is 0.440. The van der Waals surface area contributed by atoms with Gasteiger partial charge in [-0.1, -0.05) is 19.8 Å². The van der Waals surface area contributed by atoms with Crippen LogP contribution in [0.4, 0.5) is 11.6 Å². The molecule has 5 nitrogen and oxygen atoms in total. The van der Waals surface area contributed by atoms with Crippen molar-refractivity contribution in [2.75, 3.05) is 24.3 Å². The molecule has 0 spiro atoms. The van der Waals surface area contributed by atoms with Crippen LogP contribution >= 0.6 is 0 Å². The number of nitrogens with one attached hydrogen (secondary N) is 2.